The highest BCUT2D eigenvalue weighted by Crippen LogP contribution is 2.33. The Bertz CT molecular complexity index is 188. The molecule has 70 valence electrons. The first-order valence-corrected chi connectivity index (χ1v) is 3.44. The van der Waals surface area contributed by atoms with Gasteiger partial charge >= 0.3 is 6.18 Å². The quantitative estimate of drug-likeness (QED) is 0.615. The molecule has 0 radical (unpaired) electrons. The maximum atomic E-state index is 12.0. The summed E-state index contributed by atoms with van der Waals surface area (Å²) in [4.78, 5) is 0. The standard InChI is InChI=1S/C7H9F3O2/c1-4(7(8,9)10)5-2-12-3-6(5)11/h5-6,11H,1-3H2. The van der Waals surface area contributed by atoms with E-state index in [1.54, 1.807) is 0 Å². The first-order valence-electron chi connectivity index (χ1n) is 3.44. The zero-order valence-electron chi connectivity index (χ0n) is 6.27. The molecule has 12 heavy (non-hydrogen) atoms. The second-order valence-corrected chi connectivity index (χ2v) is 2.73. The molecule has 2 nitrogen and oxygen atoms in total. The molecule has 0 aromatic carbocycles. The highest BCUT2D eigenvalue weighted by atomic mass is 19.4. The van der Waals surface area contributed by atoms with Crippen LogP contribution in [0.5, 0.6) is 0 Å². The molecule has 2 unspecified atom stereocenters. The second-order valence-electron chi connectivity index (χ2n) is 2.73. The molecule has 1 aliphatic heterocycles. The minimum absolute atomic E-state index is 0.0419. The van der Waals surface area contributed by atoms with Crippen LogP contribution in [0.2, 0.25) is 0 Å². The van der Waals surface area contributed by atoms with Crippen molar-refractivity contribution in [3.8, 4) is 0 Å². The summed E-state index contributed by atoms with van der Waals surface area (Å²) in [5.74, 6) is -0.995. The monoisotopic (exact) mass is 182 g/mol. The van der Waals surface area contributed by atoms with Gasteiger partial charge in [0.25, 0.3) is 0 Å². The van der Waals surface area contributed by atoms with Crippen LogP contribution in [-0.4, -0.2) is 30.6 Å². The summed E-state index contributed by atoms with van der Waals surface area (Å²) >= 11 is 0. The molecular weight excluding hydrogens is 173 g/mol. The smallest absolute Gasteiger partial charge is 0.390 e. The van der Waals surface area contributed by atoms with Crippen molar-refractivity contribution in [2.75, 3.05) is 13.2 Å². The molecule has 0 aromatic rings. The van der Waals surface area contributed by atoms with Crippen LogP contribution in [0, 0.1) is 5.92 Å². The molecule has 1 rings (SSSR count). The third-order valence-electron chi connectivity index (χ3n) is 1.86. The number of aliphatic hydroxyl groups is 1. The molecule has 1 fully saturated rings. The van der Waals surface area contributed by atoms with Crippen LogP contribution in [-0.2, 0) is 4.74 Å². The highest BCUT2D eigenvalue weighted by Gasteiger charge is 2.42. The summed E-state index contributed by atoms with van der Waals surface area (Å²) in [5, 5.41) is 9.04. The summed E-state index contributed by atoms with van der Waals surface area (Å²) < 4.78 is 40.7. The van der Waals surface area contributed by atoms with Gasteiger partial charge in [-0.15, -0.1) is 0 Å². The third-order valence-corrected chi connectivity index (χ3v) is 1.86. The average Bonchev–Trinajstić information content (AvgIpc) is 2.31. The Morgan fingerprint density at radius 3 is 2.33 bits per heavy atom. The minimum atomic E-state index is -4.43. The van der Waals surface area contributed by atoms with Gasteiger partial charge in [-0.25, -0.2) is 0 Å². The van der Waals surface area contributed by atoms with E-state index in [1.165, 1.54) is 0 Å². The molecule has 1 N–H and O–H groups in total. The van der Waals surface area contributed by atoms with Crippen LogP contribution < -0.4 is 0 Å². The summed E-state index contributed by atoms with van der Waals surface area (Å²) in [6.07, 6.45) is -5.50. The van der Waals surface area contributed by atoms with Gasteiger partial charge in [0.05, 0.1) is 19.3 Å². The van der Waals surface area contributed by atoms with E-state index in [0.717, 1.165) is 0 Å². The van der Waals surface area contributed by atoms with Gasteiger partial charge in [0, 0.05) is 11.5 Å². The van der Waals surface area contributed by atoms with E-state index < -0.39 is 23.8 Å². The van der Waals surface area contributed by atoms with Crippen molar-refractivity contribution >= 4 is 0 Å². The molecule has 0 aromatic heterocycles. The first-order chi connectivity index (χ1) is 5.43. The molecule has 0 bridgehead atoms. The van der Waals surface area contributed by atoms with Crippen LogP contribution in [0.15, 0.2) is 12.2 Å². The predicted molar refractivity (Wildman–Crippen MR) is 35.5 cm³/mol. The third kappa shape index (κ3) is 1.78. The number of hydrogen-bond donors (Lipinski definition) is 1. The van der Waals surface area contributed by atoms with Gasteiger partial charge in [-0.1, -0.05) is 6.58 Å². The van der Waals surface area contributed by atoms with Crippen LogP contribution in [0.25, 0.3) is 0 Å². The van der Waals surface area contributed by atoms with Crippen LogP contribution in [0.4, 0.5) is 13.2 Å². The van der Waals surface area contributed by atoms with E-state index in [2.05, 4.69) is 11.3 Å². The van der Waals surface area contributed by atoms with Gasteiger partial charge in [-0.05, 0) is 0 Å². The van der Waals surface area contributed by atoms with E-state index in [4.69, 9.17) is 5.11 Å². The molecule has 0 amide bonds. The van der Waals surface area contributed by atoms with Gasteiger partial charge < -0.3 is 9.84 Å². The fourth-order valence-corrected chi connectivity index (χ4v) is 1.09. The number of halogens is 3. The molecule has 0 aliphatic carbocycles. The van der Waals surface area contributed by atoms with Crippen molar-refractivity contribution < 1.29 is 23.0 Å². The van der Waals surface area contributed by atoms with Crippen molar-refractivity contribution in [3.63, 3.8) is 0 Å². The largest absolute Gasteiger partial charge is 0.412 e. The van der Waals surface area contributed by atoms with E-state index in [-0.39, 0.29) is 13.2 Å². The number of alkyl halides is 3. The maximum absolute atomic E-state index is 12.0. The Hall–Kier alpha value is -0.550. The van der Waals surface area contributed by atoms with Gasteiger partial charge in [0.15, 0.2) is 0 Å². The van der Waals surface area contributed by atoms with Gasteiger partial charge in [-0.2, -0.15) is 13.2 Å². The summed E-state index contributed by atoms with van der Waals surface area (Å²) in [5.41, 5.74) is -0.910. The Balaban J connectivity index is 2.64. The zero-order valence-corrected chi connectivity index (χ0v) is 6.27. The molecule has 5 heteroatoms. The molecule has 0 spiro atoms. The lowest BCUT2D eigenvalue weighted by Crippen LogP contribution is -2.27. The second kappa shape index (κ2) is 3.06. The van der Waals surface area contributed by atoms with Crippen molar-refractivity contribution in [1.82, 2.24) is 0 Å². The first kappa shape index (κ1) is 9.54. The van der Waals surface area contributed by atoms with Gasteiger partial charge in [0.2, 0.25) is 0 Å². The Kier molecular flexibility index (Phi) is 2.44. The lowest BCUT2D eigenvalue weighted by molar-refractivity contribution is -0.102. The molecular formula is C7H9F3O2. The van der Waals surface area contributed by atoms with E-state index in [1.807, 2.05) is 0 Å². The van der Waals surface area contributed by atoms with E-state index >= 15 is 0 Å². The van der Waals surface area contributed by atoms with Crippen molar-refractivity contribution in [2.24, 2.45) is 5.92 Å². The molecule has 1 heterocycles. The molecule has 1 saturated heterocycles. The summed E-state index contributed by atoms with van der Waals surface area (Å²) in [7, 11) is 0. The number of rotatable bonds is 1. The predicted octanol–water partition coefficient (Wildman–Crippen LogP) is 1.11. The number of ether oxygens (including phenoxy) is 1. The lowest BCUT2D eigenvalue weighted by atomic mass is 9.97. The average molecular weight is 182 g/mol. The lowest BCUT2D eigenvalue weighted by Gasteiger charge is -2.17. The molecule has 0 saturated carbocycles. The fourth-order valence-electron chi connectivity index (χ4n) is 1.09. The van der Waals surface area contributed by atoms with Crippen LogP contribution in [0.3, 0.4) is 0 Å². The van der Waals surface area contributed by atoms with Gasteiger partial charge in [0.1, 0.15) is 0 Å². The van der Waals surface area contributed by atoms with Crippen LogP contribution >= 0.6 is 0 Å². The zero-order chi connectivity index (χ0) is 9.35. The fraction of sp³-hybridized carbons (Fsp3) is 0.714. The Morgan fingerprint density at radius 2 is 2.00 bits per heavy atom. The summed E-state index contributed by atoms with van der Waals surface area (Å²) in [6.45, 7) is 2.75. The van der Waals surface area contributed by atoms with Crippen LogP contribution in [0.1, 0.15) is 0 Å². The number of aliphatic hydroxyl groups excluding tert-OH is 1. The topological polar surface area (TPSA) is 29.5 Å². The van der Waals surface area contributed by atoms with Gasteiger partial charge in [-0.3, -0.25) is 0 Å². The maximum Gasteiger partial charge on any atom is 0.412 e. The molecule has 1 aliphatic rings. The van der Waals surface area contributed by atoms with Crippen molar-refractivity contribution in [1.29, 1.82) is 0 Å². The van der Waals surface area contributed by atoms with E-state index in [9.17, 15) is 13.2 Å². The SMILES string of the molecule is C=C(C1COCC1O)C(F)(F)F. The molecule has 2 atom stereocenters. The van der Waals surface area contributed by atoms with Crippen molar-refractivity contribution in [3.05, 3.63) is 12.2 Å². The summed E-state index contributed by atoms with van der Waals surface area (Å²) in [6, 6.07) is 0. The highest BCUT2D eigenvalue weighted by molar-refractivity contribution is 5.11. The minimum Gasteiger partial charge on any atom is -0.390 e. The normalized spacial score (nSPS) is 30.7. The van der Waals surface area contributed by atoms with E-state index in [0.29, 0.717) is 0 Å². The Labute approximate surface area is 67.6 Å². The Morgan fingerprint density at radius 1 is 1.42 bits per heavy atom. The number of hydrogen-bond acceptors (Lipinski definition) is 2. The van der Waals surface area contributed by atoms with Crippen molar-refractivity contribution in [2.45, 2.75) is 12.3 Å².